The second-order valence-corrected chi connectivity index (χ2v) is 5.35. The molecular formula is C16H18ClFO. The zero-order valence-electron chi connectivity index (χ0n) is 11.1. The van der Waals surface area contributed by atoms with Gasteiger partial charge >= 0.3 is 0 Å². The van der Waals surface area contributed by atoms with Crippen LogP contribution in [0, 0.1) is 23.6 Å². The van der Waals surface area contributed by atoms with Crippen molar-refractivity contribution >= 4 is 11.6 Å². The summed E-state index contributed by atoms with van der Waals surface area (Å²) in [5.41, 5.74) is 0.709. The Morgan fingerprint density at radius 2 is 2.26 bits per heavy atom. The van der Waals surface area contributed by atoms with Crippen LogP contribution >= 0.6 is 11.6 Å². The summed E-state index contributed by atoms with van der Waals surface area (Å²) in [4.78, 5) is 0. The number of benzene rings is 1. The number of ether oxygens (including phenoxy) is 1. The van der Waals surface area contributed by atoms with Crippen LogP contribution in [0.25, 0.3) is 0 Å². The number of rotatable bonds is 2. The molecule has 2 atom stereocenters. The Balaban J connectivity index is 2.15. The molecular weight excluding hydrogens is 263 g/mol. The lowest BCUT2D eigenvalue weighted by atomic mass is 9.88. The first kappa shape index (κ1) is 14.2. The van der Waals surface area contributed by atoms with Crippen molar-refractivity contribution in [3.63, 3.8) is 0 Å². The van der Waals surface area contributed by atoms with Crippen LogP contribution in [0.4, 0.5) is 4.39 Å². The van der Waals surface area contributed by atoms with E-state index in [0.717, 1.165) is 12.8 Å². The van der Waals surface area contributed by atoms with E-state index < -0.39 is 0 Å². The van der Waals surface area contributed by atoms with Gasteiger partial charge in [0.1, 0.15) is 11.6 Å². The number of hydrogen-bond acceptors (Lipinski definition) is 1. The minimum atomic E-state index is -0.296. The van der Waals surface area contributed by atoms with E-state index in [9.17, 15) is 4.39 Å². The van der Waals surface area contributed by atoms with E-state index in [0.29, 0.717) is 17.2 Å². The van der Waals surface area contributed by atoms with E-state index in [1.807, 2.05) is 0 Å². The van der Waals surface area contributed by atoms with Gasteiger partial charge < -0.3 is 4.74 Å². The van der Waals surface area contributed by atoms with Crippen LogP contribution in [0.2, 0.25) is 0 Å². The molecule has 2 rings (SSSR count). The average molecular weight is 281 g/mol. The third-order valence-corrected chi connectivity index (χ3v) is 3.55. The molecule has 1 fully saturated rings. The number of alkyl halides is 1. The molecule has 3 heteroatoms. The highest BCUT2D eigenvalue weighted by atomic mass is 35.5. The lowest BCUT2D eigenvalue weighted by Crippen LogP contribution is -2.24. The molecule has 1 nitrogen and oxygen atoms in total. The Morgan fingerprint density at radius 1 is 1.42 bits per heavy atom. The van der Waals surface area contributed by atoms with E-state index in [1.165, 1.54) is 25.0 Å². The van der Waals surface area contributed by atoms with Gasteiger partial charge in [0.05, 0.1) is 17.5 Å². The van der Waals surface area contributed by atoms with Gasteiger partial charge in [-0.05, 0) is 37.3 Å². The van der Waals surface area contributed by atoms with Crippen molar-refractivity contribution in [2.75, 3.05) is 5.88 Å². The first-order valence-corrected chi connectivity index (χ1v) is 7.23. The van der Waals surface area contributed by atoms with Crippen LogP contribution in [-0.2, 0) is 0 Å². The van der Waals surface area contributed by atoms with E-state index in [2.05, 4.69) is 18.8 Å². The van der Waals surface area contributed by atoms with Crippen LogP contribution in [0.5, 0.6) is 5.75 Å². The van der Waals surface area contributed by atoms with E-state index in [1.54, 1.807) is 6.07 Å². The lowest BCUT2D eigenvalue weighted by Gasteiger charge is -2.27. The Bertz CT molecular complexity index is 489. The lowest BCUT2D eigenvalue weighted by molar-refractivity contribution is 0.128. The molecule has 0 aliphatic heterocycles. The zero-order chi connectivity index (χ0) is 13.7. The van der Waals surface area contributed by atoms with Gasteiger partial charge in [-0.25, -0.2) is 4.39 Å². The molecule has 102 valence electrons. The quantitative estimate of drug-likeness (QED) is 0.577. The number of hydrogen-bond donors (Lipinski definition) is 0. The molecule has 19 heavy (non-hydrogen) atoms. The van der Waals surface area contributed by atoms with Crippen LogP contribution in [0.3, 0.4) is 0 Å². The van der Waals surface area contributed by atoms with E-state index in [-0.39, 0.29) is 17.8 Å². The fourth-order valence-electron chi connectivity index (χ4n) is 2.49. The Labute approximate surface area is 119 Å². The Hall–Kier alpha value is -1.20. The minimum Gasteiger partial charge on any atom is -0.489 e. The maximum Gasteiger partial charge on any atom is 0.138 e. The van der Waals surface area contributed by atoms with Crippen molar-refractivity contribution in [3.8, 4) is 17.6 Å². The predicted molar refractivity (Wildman–Crippen MR) is 76.0 cm³/mol. The Kier molecular flexibility index (Phi) is 5.10. The van der Waals surface area contributed by atoms with Crippen LogP contribution in [-0.4, -0.2) is 12.0 Å². The molecule has 1 aliphatic carbocycles. The third-order valence-electron chi connectivity index (χ3n) is 3.42. The highest BCUT2D eigenvalue weighted by Gasteiger charge is 2.21. The third kappa shape index (κ3) is 4.14. The molecule has 1 aliphatic rings. The van der Waals surface area contributed by atoms with Gasteiger partial charge in [-0.2, -0.15) is 0 Å². The average Bonchev–Trinajstić information content (AvgIpc) is 2.38. The molecule has 1 aromatic carbocycles. The molecule has 0 spiro atoms. The molecule has 1 saturated carbocycles. The highest BCUT2D eigenvalue weighted by Crippen LogP contribution is 2.29. The molecule has 0 bridgehead atoms. The van der Waals surface area contributed by atoms with E-state index in [4.69, 9.17) is 16.3 Å². The van der Waals surface area contributed by atoms with Gasteiger partial charge in [0.2, 0.25) is 0 Å². The van der Waals surface area contributed by atoms with Crippen molar-refractivity contribution in [2.45, 2.75) is 38.7 Å². The molecule has 0 heterocycles. The zero-order valence-corrected chi connectivity index (χ0v) is 11.8. The van der Waals surface area contributed by atoms with E-state index >= 15 is 0 Å². The fraction of sp³-hybridized carbons (Fsp3) is 0.500. The van der Waals surface area contributed by atoms with Gasteiger partial charge in [-0.1, -0.05) is 25.2 Å². The van der Waals surface area contributed by atoms with Gasteiger partial charge in [-0.3, -0.25) is 0 Å². The summed E-state index contributed by atoms with van der Waals surface area (Å²) in [7, 11) is 0. The normalized spacial score (nSPS) is 22.5. The fourth-order valence-corrected chi connectivity index (χ4v) is 2.56. The van der Waals surface area contributed by atoms with Crippen LogP contribution < -0.4 is 4.74 Å². The monoisotopic (exact) mass is 280 g/mol. The van der Waals surface area contributed by atoms with Crippen molar-refractivity contribution in [3.05, 3.63) is 29.6 Å². The van der Waals surface area contributed by atoms with Crippen LogP contribution in [0.15, 0.2) is 18.2 Å². The molecule has 1 aromatic rings. The van der Waals surface area contributed by atoms with Crippen molar-refractivity contribution in [1.82, 2.24) is 0 Å². The second kappa shape index (κ2) is 6.82. The summed E-state index contributed by atoms with van der Waals surface area (Å²) in [6.07, 6.45) is 4.65. The largest absolute Gasteiger partial charge is 0.489 e. The molecule has 0 saturated heterocycles. The summed E-state index contributed by atoms with van der Waals surface area (Å²) in [6, 6.07) is 4.46. The maximum absolute atomic E-state index is 13.3. The maximum atomic E-state index is 13.3. The van der Waals surface area contributed by atoms with Gasteiger partial charge in [0.15, 0.2) is 0 Å². The SMILES string of the molecule is CC1CCCC(Oc2cc(F)ccc2C#CCCl)C1. The van der Waals surface area contributed by atoms with Gasteiger partial charge in [0.25, 0.3) is 0 Å². The standard InChI is InChI=1S/C16H18ClFO/c1-12-4-2-6-15(10-12)19-16-11-14(18)8-7-13(16)5-3-9-17/h7-8,11-12,15H,2,4,6,9-10H2,1H3. The van der Waals surface area contributed by atoms with Crippen molar-refractivity contribution < 1.29 is 9.13 Å². The summed E-state index contributed by atoms with van der Waals surface area (Å²) >= 11 is 5.56. The first-order chi connectivity index (χ1) is 9.19. The summed E-state index contributed by atoms with van der Waals surface area (Å²) in [6.45, 7) is 2.23. The van der Waals surface area contributed by atoms with Gasteiger partial charge in [0, 0.05) is 6.07 Å². The minimum absolute atomic E-state index is 0.169. The topological polar surface area (TPSA) is 9.23 Å². The van der Waals surface area contributed by atoms with Crippen molar-refractivity contribution in [1.29, 1.82) is 0 Å². The van der Waals surface area contributed by atoms with Crippen molar-refractivity contribution in [2.24, 2.45) is 5.92 Å². The summed E-state index contributed by atoms with van der Waals surface area (Å²) in [5, 5.41) is 0. The molecule has 2 unspecified atom stereocenters. The Morgan fingerprint density at radius 3 is 3.00 bits per heavy atom. The molecule has 0 aromatic heterocycles. The smallest absolute Gasteiger partial charge is 0.138 e. The predicted octanol–water partition coefficient (Wildman–Crippen LogP) is 4.37. The van der Waals surface area contributed by atoms with Crippen LogP contribution in [0.1, 0.15) is 38.2 Å². The summed E-state index contributed by atoms with van der Waals surface area (Å²) < 4.78 is 19.3. The highest BCUT2D eigenvalue weighted by molar-refractivity contribution is 6.19. The molecule has 0 radical (unpaired) electrons. The van der Waals surface area contributed by atoms with Gasteiger partial charge in [-0.15, -0.1) is 11.6 Å². The molecule has 0 amide bonds. The molecule has 0 N–H and O–H groups in total. The number of halogens is 2. The first-order valence-electron chi connectivity index (χ1n) is 6.70. The summed E-state index contributed by atoms with van der Waals surface area (Å²) in [5.74, 6) is 6.88. The second-order valence-electron chi connectivity index (χ2n) is 5.09.